The SMILES string of the molecule is CCCOc1cccc(CC(N)CC)c1. The first kappa shape index (κ1) is 12.1. The third-order valence-corrected chi connectivity index (χ3v) is 2.39. The molecule has 2 nitrogen and oxygen atoms in total. The van der Waals surface area contributed by atoms with E-state index in [1.807, 2.05) is 12.1 Å². The van der Waals surface area contributed by atoms with Crippen LogP contribution in [0, 0.1) is 0 Å². The molecule has 0 aliphatic heterocycles. The molecule has 2 heteroatoms. The molecule has 1 aromatic carbocycles. The Hall–Kier alpha value is -1.02. The lowest BCUT2D eigenvalue weighted by Gasteiger charge is -2.10. The molecule has 1 aromatic rings. The molecule has 84 valence electrons. The predicted molar refractivity (Wildman–Crippen MR) is 64.2 cm³/mol. The van der Waals surface area contributed by atoms with Crippen molar-refractivity contribution in [2.24, 2.45) is 5.73 Å². The number of hydrogen-bond acceptors (Lipinski definition) is 2. The average Bonchev–Trinajstić information content (AvgIpc) is 2.26. The molecule has 0 radical (unpaired) electrons. The summed E-state index contributed by atoms with van der Waals surface area (Å²) in [5.74, 6) is 0.956. The van der Waals surface area contributed by atoms with Gasteiger partial charge >= 0.3 is 0 Å². The number of hydrogen-bond donors (Lipinski definition) is 1. The van der Waals surface area contributed by atoms with Crippen molar-refractivity contribution in [3.63, 3.8) is 0 Å². The Balaban J connectivity index is 2.57. The lowest BCUT2D eigenvalue weighted by molar-refractivity contribution is 0.317. The third-order valence-electron chi connectivity index (χ3n) is 2.39. The van der Waals surface area contributed by atoms with Gasteiger partial charge in [0, 0.05) is 6.04 Å². The summed E-state index contributed by atoms with van der Waals surface area (Å²) in [7, 11) is 0. The highest BCUT2D eigenvalue weighted by Crippen LogP contribution is 2.15. The van der Waals surface area contributed by atoms with Crippen molar-refractivity contribution in [2.75, 3.05) is 6.61 Å². The molecule has 0 aliphatic rings. The van der Waals surface area contributed by atoms with Crippen molar-refractivity contribution in [3.8, 4) is 5.75 Å². The van der Waals surface area contributed by atoms with Crippen LogP contribution in [0.2, 0.25) is 0 Å². The van der Waals surface area contributed by atoms with Crippen molar-refractivity contribution in [2.45, 2.75) is 39.2 Å². The maximum absolute atomic E-state index is 5.91. The molecular weight excluding hydrogens is 186 g/mol. The average molecular weight is 207 g/mol. The summed E-state index contributed by atoms with van der Waals surface area (Å²) < 4.78 is 5.57. The van der Waals surface area contributed by atoms with Gasteiger partial charge in [0.25, 0.3) is 0 Å². The van der Waals surface area contributed by atoms with Crippen LogP contribution in [0.1, 0.15) is 32.3 Å². The minimum atomic E-state index is 0.256. The van der Waals surface area contributed by atoms with Crippen molar-refractivity contribution in [1.82, 2.24) is 0 Å². The van der Waals surface area contributed by atoms with E-state index in [1.165, 1.54) is 5.56 Å². The molecule has 0 aromatic heterocycles. The van der Waals surface area contributed by atoms with Gasteiger partial charge in [-0.3, -0.25) is 0 Å². The smallest absolute Gasteiger partial charge is 0.119 e. The Morgan fingerprint density at radius 3 is 2.80 bits per heavy atom. The molecule has 0 spiro atoms. The van der Waals surface area contributed by atoms with E-state index in [1.54, 1.807) is 0 Å². The fourth-order valence-electron chi connectivity index (χ4n) is 1.43. The van der Waals surface area contributed by atoms with Gasteiger partial charge in [-0.15, -0.1) is 0 Å². The van der Waals surface area contributed by atoms with Gasteiger partial charge in [-0.2, -0.15) is 0 Å². The maximum atomic E-state index is 5.91. The first-order valence-corrected chi connectivity index (χ1v) is 5.73. The standard InChI is InChI=1S/C13H21NO/c1-3-8-15-13-7-5-6-11(10-13)9-12(14)4-2/h5-7,10,12H,3-4,8-9,14H2,1-2H3. The third kappa shape index (κ3) is 4.34. The van der Waals surface area contributed by atoms with Crippen LogP contribution in [0.4, 0.5) is 0 Å². The fraction of sp³-hybridized carbons (Fsp3) is 0.538. The van der Waals surface area contributed by atoms with E-state index in [9.17, 15) is 0 Å². The number of ether oxygens (including phenoxy) is 1. The molecule has 0 fully saturated rings. The molecule has 0 saturated heterocycles. The first-order chi connectivity index (χ1) is 7.26. The highest BCUT2D eigenvalue weighted by molar-refractivity contribution is 5.29. The Morgan fingerprint density at radius 1 is 1.33 bits per heavy atom. The van der Waals surface area contributed by atoms with E-state index in [0.29, 0.717) is 0 Å². The van der Waals surface area contributed by atoms with Gasteiger partial charge in [0.1, 0.15) is 5.75 Å². The van der Waals surface area contributed by atoms with Gasteiger partial charge in [0.2, 0.25) is 0 Å². The summed E-state index contributed by atoms with van der Waals surface area (Å²) in [6, 6.07) is 8.48. The van der Waals surface area contributed by atoms with Crippen molar-refractivity contribution >= 4 is 0 Å². The normalized spacial score (nSPS) is 12.5. The lowest BCUT2D eigenvalue weighted by atomic mass is 10.0. The molecule has 0 bridgehead atoms. The Bertz CT molecular complexity index is 286. The molecule has 15 heavy (non-hydrogen) atoms. The lowest BCUT2D eigenvalue weighted by Crippen LogP contribution is -2.21. The van der Waals surface area contributed by atoms with Gasteiger partial charge in [-0.1, -0.05) is 26.0 Å². The summed E-state index contributed by atoms with van der Waals surface area (Å²) in [4.78, 5) is 0. The van der Waals surface area contributed by atoms with E-state index in [4.69, 9.17) is 10.5 Å². The van der Waals surface area contributed by atoms with Crippen molar-refractivity contribution < 1.29 is 4.74 Å². The monoisotopic (exact) mass is 207 g/mol. The van der Waals surface area contributed by atoms with Crippen LogP contribution in [-0.2, 0) is 6.42 Å². The molecule has 0 heterocycles. The molecule has 2 N–H and O–H groups in total. The van der Waals surface area contributed by atoms with E-state index in [0.717, 1.165) is 31.6 Å². The van der Waals surface area contributed by atoms with Gasteiger partial charge in [0.05, 0.1) is 6.61 Å². The predicted octanol–water partition coefficient (Wildman–Crippen LogP) is 2.76. The van der Waals surface area contributed by atoms with Crippen LogP contribution >= 0.6 is 0 Å². The van der Waals surface area contributed by atoms with E-state index >= 15 is 0 Å². The molecular formula is C13H21NO. The van der Waals surface area contributed by atoms with Crippen molar-refractivity contribution in [3.05, 3.63) is 29.8 Å². The molecule has 1 rings (SSSR count). The molecule has 1 atom stereocenters. The van der Waals surface area contributed by atoms with E-state index in [2.05, 4.69) is 26.0 Å². The molecule has 0 aliphatic carbocycles. The van der Waals surface area contributed by atoms with Gasteiger partial charge in [0.15, 0.2) is 0 Å². The van der Waals surface area contributed by atoms with Crippen LogP contribution < -0.4 is 10.5 Å². The topological polar surface area (TPSA) is 35.2 Å². The van der Waals surface area contributed by atoms with E-state index in [-0.39, 0.29) is 6.04 Å². The zero-order valence-corrected chi connectivity index (χ0v) is 9.70. The fourth-order valence-corrected chi connectivity index (χ4v) is 1.43. The van der Waals surface area contributed by atoms with Crippen LogP contribution in [0.5, 0.6) is 5.75 Å². The van der Waals surface area contributed by atoms with Crippen LogP contribution in [0.3, 0.4) is 0 Å². The minimum absolute atomic E-state index is 0.256. The van der Waals surface area contributed by atoms with Crippen LogP contribution in [0.15, 0.2) is 24.3 Å². The quantitative estimate of drug-likeness (QED) is 0.778. The molecule has 0 saturated carbocycles. The zero-order valence-electron chi connectivity index (χ0n) is 9.70. The van der Waals surface area contributed by atoms with Crippen molar-refractivity contribution in [1.29, 1.82) is 0 Å². The molecule has 0 amide bonds. The second kappa shape index (κ2) is 6.46. The number of benzene rings is 1. The second-order valence-electron chi connectivity index (χ2n) is 3.87. The largest absolute Gasteiger partial charge is 0.494 e. The van der Waals surface area contributed by atoms with E-state index < -0.39 is 0 Å². The Labute approximate surface area is 92.4 Å². The Kier molecular flexibility index (Phi) is 5.19. The summed E-state index contributed by atoms with van der Waals surface area (Å²) in [5, 5.41) is 0. The zero-order chi connectivity index (χ0) is 11.1. The minimum Gasteiger partial charge on any atom is -0.494 e. The Morgan fingerprint density at radius 2 is 2.13 bits per heavy atom. The summed E-state index contributed by atoms with van der Waals surface area (Å²) >= 11 is 0. The summed E-state index contributed by atoms with van der Waals surface area (Å²) in [6.45, 7) is 5.00. The highest BCUT2D eigenvalue weighted by atomic mass is 16.5. The van der Waals surface area contributed by atoms with Gasteiger partial charge < -0.3 is 10.5 Å². The number of rotatable bonds is 6. The highest BCUT2D eigenvalue weighted by Gasteiger charge is 2.02. The van der Waals surface area contributed by atoms with Gasteiger partial charge in [-0.25, -0.2) is 0 Å². The summed E-state index contributed by atoms with van der Waals surface area (Å²) in [5.41, 5.74) is 7.18. The van der Waals surface area contributed by atoms with Crippen LogP contribution in [0.25, 0.3) is 0 Å². The second-order valence-corrected chi connectivity index (χ2v) is 3.87. The molecule has 1 unspecified atom stereocenters. The maximum Gasteiger partial charge on any atom is 0.119 e. The number of nitrogens with two attached hydrogens (primary N) is 1. The van der Waals surface area contributed by atoms with Crippen LogP contribution in [-0.4, -0.2) is 12.6 Å². The first-order valence-electron chi connectivity index (χ1n) is 5.73. The summed E-state index contributed by atoms with van der Waals surface area (Å²) in [6.07, 6.45) is 2.98. The van der Waals surface area contributed by atoms with Gasteiger partial charge in [-0.05, 0) is 37.0 Å².